The summed E-state index contributed by atoms with van der Waals surface area (Å²) in [5.74, 6) is -0.556. The number of likely N-dealkylation sites (tertiary alicyclic amines) is 1. The molecule has 2 aromatic rings. The Labute approximate surface area is 176 Å². The summed E-state index contributed by atoms with van der Waals surface area (Å²) in [6, 6.07) is 9.34. The maximum Gasteiger partial charge on any atom is 0.274 e. The summed E-state index contributed by atoms with van der Waals surface area (Å²) in [5, 5.41) is 4.56. The van der Waals surface area contributed by atoms with E-state index < -0.39 is 9.84 Å². The van der Waals surface area contributed by atoms with Crippen LogP contribution in [0.1, 0.15) is 41.4 Å². The van der Waals surface area contributed by atoms with Gasteiger partial charge in [-0.05, 0) is 37.8 Å². The van der Waals surface area contributed by atoms with Gasteiger partial charge >= 0.3 is 0 Å². The maximum atomic E-state index is 13.1. The van der Waals surface area contributed by atoms with E-state index in [-0.39, 0.29) is 35.3 Å². The molecule has 0 aliphatic carbocycles. The van der Waals surface area contributed by atoms with Crippen LogP contribution in [0.5, 0.6) is 0 Å². The lowest BCUT2D eigenvalue weighted by molar-refractivity contribution is -0.123. The highest BCUT2D eigenvalue weighted by Gasteiger charge is 2.33. The second-order valence-corrected chi connectivity index (χ2v) is 10.5. The third-order valence-corrected chi connectivity index (χ3v) is 7.79. The topological polar surface area (TPSA) is 115 Å². The molecule has 2 saturated heterocycles. The fraction of sp³-hybridized carbons (Fsp3) is 0.476. The van der Waals surface area contributed by atoms with Crippen LogP contribution >= 0.6 is 0 Å². The maximum absolute atomic E-state index is 13.1. The second-order valence-electron chi connectivity index (χ2n) is 8.25. The number of rotatable bonds is 4. The fourth-order valence-corrected chi connectivity index (χ4v) is 5.91. The molecule has 1 aromatic heterocycles. The minimum absolute atomic E-state index is 0.0329. The lowest BCUT2D eigenvalue weighted by atomic mass is 9.96. The highest BCUT2D eigenvalue weighted by molar-refractivity contribution is 7.91. The molecule has 2 aliphatic heterocycles. The number of amides is 2. The zero-order valence-electron chi connectivity index (χ0n) is 17.0. The molecule has 0 radical (unpaired) electrons. The van der Waals surface area contributed by atoms with E-state index in [1.54, 1.807) is 15.6 Å². The van der Waals surface area contributed by atoms with Gasteiger partial charge in [-0.1, -0.05) is 29.8 Å². The van der Waals surface area contributed by atoms with Crippen molar-refractivity contribution in [1.82, 2.24) is 14.7 Å². The number of hydrogen-bond donors (Lipinski definition) is 1. The van der Waals surface area contributed by atoms with Gasteiger partial charge in [-0.3, -0.25) is 14.3 Å². The number of carbonyl (C=O) groups is 2. The van der Waals surface area contributed by atoms with Gasteiger partial charge in [0.2, 0.25) is 5.91 Å². The molecule has 2 fully saturated rings. The van der Waals surface area contributed by atoms with Crippen LogP contribution in [0.25, 0.3) is 11.3 Å². The summed E-state index contributed by atoms with van der Waals surface area (Å²) < 4.78 is 25.8. The summed E-state index contributed by atoms with van der Waals surface area (Å²) in [5.41, 5.74) is 8.43. The number of sulfone groups is 1. The molecule has 0 unspecified atom stereocenters. The van der Waals surface area contributed by atoms with Crippen molar-refractivity contribution in [3.63, 3.8) is 0 Å². The molecule has 1 aromatic carbocycles. The average molecular weight is 431 g/mol. The molecule has 30 heavy (non-hydrogen) atoms. The van der Waals surface area contributed by atoms with Gasteiger partial charge in [0.15, 0.2) is 15.5 Å². The SMILES string of the molecule is Cc1ccc(-c2cc(C(=O)N3CCC(C(N)=O)CC3)nn2[C@@H]2CCS(=O)(=O)C2)cc1. The van der Waals surface area contributed by atoms with Gasteiger partial charge in [-0.25, -0.2) is 8.42 Å². The molecule has 2 amide bonds. The third-order valence-electron chi connectivity index (χ3n) is 6.04. The third kappa shape index (κ3) is 4.12. The molecule has 3 heterocycles. The predicted molar refractivity (Wildman–Crippen MR) is 113 cm³/mol. The van der Waals surface area contributed by atoms with Crippen LogP contribution in [-0.4, -0.2) is 59.5 Å². The van der Waals surface area contributed by atoms with Crippen molar-refractivity contribution in [3.8, 4) is 11.3 Å². The number of nitrogens with two attached hydrogens (primary N) is 1. The van der Waals surface area contributed by atoms with Crippen LogP contribution in [0.4, 0.5) is 0 Å². The van der Waals surface area contributed by atoms with Crippen LogP contribution in [-0.2, 0) is 14.6 Å². The Morgan fingerprint density at radius 1 is 1.10 bits per heavy atom. The first kappa shape index (κ1) is 20.6. The van der Waals surface area contributed by atoms with Gasteiger partial charge in [-0.2, -0.15) is 5.10 Å². The van der Waals surface area contributed by atoms with Gasteiger partial charge in [0.1, 0.15) is 0 Å². The van der Waals surface area contributed by atoms with Gasteiger partial charge < -0.3 is 10.6 Å². The standard InChI is InChI=1S/C21H26N4O4S/c1-14-2-4-15(5-3-14)19-12-18(23-25(19)17-8-11-30(28,29)13-17)21(27)24-9-6-16(7-10-24)20(22)26/h2-5,12,16-17H,6-11,13H2,1H3,(H2,22,26)/t17-/m1/s1. The lowest BCUT2D eigenvalue weighted by Gasteiger charge is -2.30. The fourth-order valence-electron chi connectivity index (χ4n) is 4.21. The average Bonchev–Trinajstić information content (AvgIpc) is 3.31. The molecule has 4 rings (SSSR count). The number of piperidine rings is 1. The number of benzene rings is 1. The highest BCUT2D eigenvalue weighted by atomic mass is 32.2. The molecular weight excluding hydrogens is 404 g/mol. The molecule has 1 atom stereocenters. The van der Waals surface area contributed by atoms with Crippen LogP contribution in [0.15, 0.2) is 30.3 Å². The highest BCUT2D eigenvalue weighted by Crippen LogP contribution is 2.31. The van der Waals surface area contributed by atoms with Gasteiger partial charge in [0, 0.05) is 19.0 Å². The predicted octanol–water partition coefficient (Wildman–Crippen LogP) is 1.56. The number of nitrogens with zero attached hydrogens (tertiary/aromatic N) is 3. The molecular formula is C21H26N4O4S. The van der Waals surface area contributed by atoms with Crippen molar-refractivity contribution in [2.45, 2.75) is 32.2 Å². The quantitative estimate of drug-likeness (QED) is 0.790. The Hall–Kier alpha value is -2.68. The van der Waals surface area contributed by atoms with E-state index in [9.17, 15) is 18.0 Å². The van der Waals surface area contributed by atoms with E-state index in [1.807, 2.05) is 31.2 Å². The van der Waals surface area contributed by atoms with Crippen LogP contribution in [0.2, 0.25) is 0 Å². The first-order valence-electron chi connectivity index (χ1n) is 10.2. The summed E-state index contributed by atoms with van der Waals surface area (Å²) >= 11 is 0. The minimum Gasteiger partial charge on any atom is -0.369 e. The summed E-state index contributed by atoms with van der Waals surface area (Å²) in [6.07, 6.45) is 1.58. The lowest BCUT2D eigenvalue weighted by Crippen LogP contribution is -2.41. The molecule has 160 valence electrons. The van der Waals surface area contributed by atoms with Crippen molar-refractivity contribution in [2.75, 3.05) is 24.6 Å². The zero-order chi connectivity index (χ0) is 21.5. The first-order valence-corrected chi connectivity index (χ1v) is 12.0. The number of hydrogen-bond acceptors (Lipinski definition) is 5. The Morgan fingerprint density at radius 3 is 2.33 bits per heavy atom. The first-order chi connectivity index (χ1) is 14.2. The Bertz CT molecular complexity index is 1070. The summed E-state index contributed by atoms with van der Waals surface area (Å²) in [4.78, 5) is 26.2. The number of carbonyl (C=O) groups excluding carboxylic acids is 2. The Balaban J connectivity index is 1.64. The Morgan fingerprint density at radius 2 is 1.77 bits per heavy atom. The minimum atomic E-state index is -3.09. The van der Waals surface area contributed by atoms with Gasteiger partial charge in [-0.15, -0.1) is 0 Å². The van der Waals surface area contributed by atoms with E-state index >= 15 is 0 Å². The molecule has 9 heteroatoms. The van der Waals surface area contributed by atoms with Crippen LogP contribution < -0.4 is 5.73 Å². The number of primary amides is 1. The zero-order valence-corrected chi connectivity index (χ0v) is 17.8. The monoisotopic (exact) mass is 430 g/mol. The largest absolute Gasteiger partial charge is 0.369 e. The summed E-state index contributed by atoms with van der Waals surface area (Å²) in [6.45, 7) is 2.91. The summed E-state index contributed by atoms with van der Waals surface area (Å²) in [7, 11) is -3.09. The van der Waals surface area contributed by atoms with Crippen molar-refractivity contribution >= 4 is 21.7 Å². The van der Waals surface area contributed by atoms with E-state index in [4.69, 9.17) is 5.73 Å². The van der Waals surface area contributed by atoms with Gasteiger partial charge in [0.05, 0.1) is 23.2 Å². The number of aromatic nitrogens is 2. The second kappa shape index (κ2) is 7.86. The van der Waals surface area contributed by atoms with Gasteiger partial charge in [0.25, 0.3) is 5.91 Å². The van der Waals surface area contributed by atoms with Crippen LogP contribution in [0.3, 0.4) is 0 Å². The molecule has 2 aliphatic rings. The van der Waals surface area contributed by atoms with Crippen molar-refractivity contribution in [2.24, 2.45) is 11.7 Å². The molecule has 0 bridgehead atoms. The molecule has 0 saturated carbocycles. The van der Waals surface area contributed by atoms with E-state index in [0.29, 0.717) is 38.0 Å². The Kier molecular flexibility index (Phi) is 5.40. The molecule has 0 spiro atoms. The van der Waals surface area contributed by atoms with Crippen molar-refractivity contribution in [1.29, 1.82) is 0 Å². The van der Waals surface area contributed by atoms with E-state index in [0.717, 1.165) is 16.8 Å². The van der Waals surface area contributed by atoms with E-state index in [1.165, 1.54) is 0 Å². The normalized spacial score (nSPS) is 21.6. The number of aryl methyl sites for hydroxylation is 1. The van der Waals surface area contributed by atoms with E-state index in [2.05, 4.69) is 5.10 Å². The molecule has 2 N–H and O–H groups in total. The molecule has 8 nitrogen and oxygen atoms in total. The van der Waals surface area contributed by atoms with Crippen LogP contribution in [0, 0.1) is 12.8 Å². The smallest absolute Gasteiger partial charge is 0.274 e. The van der Waals surface area contributed by atoms with Crippen molar-refractivity contribution in [3.05, 3.63) is 41.6 Å². The van der Waals surface area contributed by atoms with Crippen molar-refractivity contribution < 1.29 is 18.0 Å².